The van der Waals surface area contributed by atoms with Gasteiger partial charge < -0.3 is 9.47 Å². The van der Waals surface area contributed by atoms with E-state index >= 15 is 0 Å². The van der Waals surface area contributed by atoms with Gasteiger partial charge in [-0.25, -0.2) is 4.79 Å². The molecule has 0 spiro atoms. The van der Waals surface area contributed by atoms with Crippen molar-refractivity contribution in [3.63, 3.8) is 0 Å². The van der Waals surface area contributed by atoms with Gasteiger partial charge in [-0.2, -0.15) is 0 Å². The van der Waals surface area contributed by atoms with Crippen molar-refractivity contribution in [1.82, 2.24) is 0 Å². The second-order valence-electron chi connectivity index (χ2n) is 6.72. The van der Waals surface area contributed by atoms with E-state index in [2.05, 4.69) is 0 Å². The normalized spacial score (nSPS) is 10.9. The summed E-state index contributed by atoms with van der Waals surface area (Å²) < 4.78 is 11.0. The Morgan fingerprint density at radius 2 is 1.81 bits per heavy atom. The molecule has 138 valence electrons. The first kappa shape index (κ1) is 19.2. The lowest BCUT2D eigenvalue weighted by atomic mass is 10.2. The van der Waals surface area contributed by atoms with Gasteiger partial charge in [0.05, 0.1) is 4.92 Å². The second kappa shape index (κ2) is 7.86. The maximum absolute atomic E-state index is 12.3. The summed E-state index contributed by atoms with van der Waals surface area (Å²) >= 11 is 0. The molecule has 7 heteroatoms. The minimum atomic E-state index is -0.707. The largest absolute Gasteiger partial charge is 0.489 e. The molecule has 0 N–H and O–H groups in total. The Bertz CT molecular complexity index is 784. The number of amides is 1. The van der Waals surface area contributed by atoms with Crippen LogP contribution in [0.2, 0.25) is 0 Å². The van der Waals surface area contributed by atoms with E-state index in [1.54, 1.807) is 20.8 Å². The standard InChI is InChI=1S/C19H22N2O5/c1-19(2,3)26-18(22)20(4)17-12-15(10-11-16(17)21(23)24)25-13-14-8-6-5-7-9-14/h5-12H,13H2,1-4H3. The van der Waals surface area contributed by atoms with Crippen LogP contribution in [0.3, 0.4) is 0 Å². The SMILES string of the molecule is CN(C(=O)OC(C)(C)C)c1cc(OCc2ccccc2)ccc1[N+](=O)[O-]. The highest BCUT2D eigenvalue weighted by Gasteiger charge is 2.26. The molecule has 2 aromatic rings. The number of benzene rings is 2. The summed E-state index contributed by atoms with van der Waals surface area (Å²) in [6.07, 6.45) is -0.680. The van der Waals surface area contributed by atoms with Gasteiger partial charge >= 0.3 is 6.09 Å². The van der Waals surface area contributed by atoms with Crippen LogP contribution in [0.15, 0.2) is 48.5 Å². The number of nitrogens with zero attached hydrogens (tertiary/aromatic N) is 2. The van der Waals surface area contributed by atoms with Crippen LogP contribution in [-0.4, -0.2) is 23.7 Å². The first-order chi connectivity index (χ1) is 12.2. The molecule has 0 unspecified atom stereocenters. The summed E-state index contributed by atoms with van der Waals surface area (Å²) in [6.45, 7) is 5.50. The smallest absolute Gasteiger partial charge is 0.414 e. The summed E-state index contributed by atoms with van der Waals surface area (Å²) in [5.74, 6) is 0.421. The first-order valence-corrected chi connectivity index (χ1v) is 8.09. The molecule has 0 saturated carbocycles. The first-order valence-electron chi connectivity index (χ1n) is 8.09. The zero-order valence-corrected chi connectivity index (χ0v) is 15.3. The molecule has 1 amide bonds. The molecule has 0 bridgehead atoms. The Hall–Kier alpha value is -3.09. The van der Waals surface area contributed by atoms with Crippen molar-refractivity contribution in [2.24, 2.45) is 0 Å². The third-order valence-electron chi connectivity index (χ3n) is 3.42. The van der Waals surface area contributed by atoms with Crippen molar-refractivity contribution in [3.8, 4) is 5.75 Å². The van der Waals surface area contributed by atoms with Gasteiger partial charge in [0.2, 0.25) is 0 Å². The minimum Gasteiger partial charge on any atom is -0.489 e. The second-order valence-corrected chi connectivity index (χ2v) is 6.72. The molecule has 2 rings (SSSR count). The van der Waals surface area contributed by atoms with Crippen LogP contribution in [0.5, 0.6) is 5.75 Å². The van der Waals surface area contributed by atoms with E-state index in [0.717, 1.165) is 10.5 Å². The lowest BCUT2D eigenvalue weighted by Gasteiger charge is -2.24. The van der Waals surface area contributed by atoms with Crippen LogP contribution in [0.4, 0.5) is 16.2 Å². The van der Waals surface area contributed by atoms with E-state index in [1.165, 1.54) is 25.2 Å². The predicted octanol–water partition coefficient (Wildman–Crippen LogP) is 4.55. The van der Waals surface area contributed by atoms with E-state index in [4.69, 9.17) is 9.47 Å². The maximum Gasteiger partial charge on any atom is 0.414 e. The number of carbonyl (C=O) groups excluding carboxylic acids is 1. The van der Waals surface area contributed by atoms with Crippen LogP contribution in [0, 0.1) is 10.1 Å². The van der Waals surface area contributed by atoms with Crippen LogP contribution in [-0.2, 0) is 11.3 Å². The Kier molecular flexibility index (Phi) is 5.82. The minimum absolute atomic E-state index is 0.106. The zero-order valence-electron chi connectivity index (χ0n) is 15.3. The molecule has 0 fully saturated rings. The quantitative estimate of drug-likeness (QED) is 0.579. The lowest BCUT2D eigenvalue weighted by molar-refractivity contribution is -0.384. The summed E-state index contributed by atoms with van der Waals surface area (Å²) in [6, 6.07) is 13.8. The summed E-state index contributed by atoms with van der Waals surface area (Å²) in [7, 11) is 1.43. The number of carbonyl (C=O) groups is 1. The molecule has 0 saturated heterocycles. The van der Waals surface area contributed by atoms with Gasteiger partial charge in [-0.1, -0.05) is 30.3 Å². The van der Waals surface area contributed by atoms with E-state index in [1.807, 2.05) is 30.3 Å². The third-order valence-corrected chi connectivity index (χ3v) is 3.42. The Balaban J connectivity index is 2.24. The lowest BCUT2D eigenvalue weighted by Crippen LogP contribution is -2.34. The summed E-state index contributed by atoms with van der Waals surface area (Å²) in [5.41, 5.74) is 0.162. The van der Waals surface area contributed by atoms with Crippen LogP contribution in [0.1, 0.15) is 26.3 Å². The maximum atomic E-state index is 12.3. The van der Waals surface area contributed by atoms with Gasteiger partial charge in [-0.05, 0) is 32.4 Å². The Morgan fingerprint density at radius 3 is 2.38 bits per heavy atom. The number of hydrogen-bond acceptors (Lipinski definition) is 5. The molecule has 2 aromatic carbocycles. The molecule has 0 heterocycles. The van der Waals surface area contributed by atoms with Crippen LogP contribution >= 0.6 is 0 Å². The van der Waals surface area contributed by atoms with Crippen molar-refractivity contribution < 1.29 is 19.2 Å². The fourth-order valence-corrected chi connectivity index (χ4v) is 2.19. The average Bonchev–Trinajstić information content (AvgIpc) is 2.58. The van der Waals surface area contributed by atoms with Gasteiger partial charge in [0.25, 0.3) is 5.69 Å². The fraction of sp³-hybridized carbons (Fsp3) is 0.316. The summed E-state index contributed by atoms with van der Waals surface area (Å²) in [4.78, 5) is 24.1. The molecule has 7 nitrogen and oxygen atoms in total. The van der Waals surface area contributed by atoms with E-state index in [0.29, 0.717) is 12.4 Å². The predicted molar refractivity (Wildman–Crippen MR) is 98.5 cm³/mol. The fourth-order valence-electron chi connectivity index (χ4n) is 2.19. The van der Waals surface area contributed by atoms with Crippen molar-refractivity contribution >= 4 is 17.5 Å². The van der Waals surface area contributed by atoms with Gasteiger partial charge in [0.1, 0.15) is 23.6 Å². The van der Waals surface area contributed by atoms with Crippen LogP contribution < -0.4 is 9.64 Å². The Labute approximate surface area is 152 Å². The number of nitro benzene ring substituents is 1. The van der Waals surface area contributed by atoms with Gasteiger partial charge in [-0.3, -0.25) is 15.0 Å². The van der Waals surface area contributed by atoms with Crippen LogP contribution in [0.25, 0.3) is 0 Å². The molecule has 0 radical (unpaired) electrons. The van der Waals surface area contributed by atoms with Crippen molar-refractivity contribution in [2.45, 2.75) is 33.0 Å². The number of hydrogen-bond donors (Lipinski definition) is 0. The highest BCUT2D eigenvalue weighted by Crippen LogP contribution is 2.32. The van der Waals surface area contributed by atoms with Gasteiger partial charge in [-0.15, -0.1) is 0 Å². The number of rotatable bonds is 5. The summed E-state index contributed by atoms with van der Waals surface area (Å²) in [5, 5.41) is 11.3. The highest BCUT2D eigenvalue weighted by atomic mass is 16.6. The van der Waals surface area contributed by atoms with Gasteiger partial charge in [0, 0.05) is 19.2 Å². The monoisotopic (exact) mass is 358 g/mol. The molecule has 0 aliphatic carbocycles. The van der Waals surface area contributed by atoms with Gasteiger partial charge in [0.15, 0.2) is 0 Å². The molecular formula is C19H22N2O5. The highest BCUT2D eigenvalue weighted by molar-refractivity contribution is 5.90. The molecule has 0 aliphatic rings. The molecule has 0 aromatic heterocycles. The topological polar surface area (TPSA) is 81.9 Å². The number of anilines is 1. The molecule has 0 atom stereocenters. The van der Waals surface area contributed by atoms with E-state index < -0.39 is 16.6 Å². The van der Waals surface area contributed by atoms with Crippen molar-refractivity contribution in [2.75, 3.05) is 11.9 Å². The zero-order chi connectivity index (χ0) is 19.3. The van der Waals surface area contributed by atoms with Crippen molar-refractivity contribution in [1.29, 1.82) is 0 Å². The van der Waals surface area contributed by atoms with Crippen molar-refractivity contribution in [3.05, 3.63) is 64.2 Å². The molecule has 0 aliphatic heterocycles. The number of ether oxygens (including phenoxy) is 2. The Morgan fingerprint density at radius 1 is 1.15 bits per heavy atom. The molecular weight excluding hydrogens is 336 g/mol. The average molecular weight is 358 g/mol. The molecule has 26 heavy (non-hydrogen) atoms. The van der Waals surface area contributed by atoms with E-state index in [-0.39, 0.29) is 11.4 Å². The number of nitro groups is 1. The third kappa shape index (κ3) is 5.20. The van der Waals surface area contributed by atoms with E-state index in [9.17, 15) is 14.9 Å².